The molecule has 3 rings (SSSR count). The zero-order chi connectivity index (χ0) is 15.1. The molecule has 2 aromatic rings. The molecule has 0 fully saturated rings. The van der Waals surface area contributed by atoms with Gasteiger partial charge in [0.2, 0.25) is 0 Å². The first kappa shape index (κ1) is 13.5. The zero-order valence-corrected chi connectivity index (χ0v) is 11.7. The van der Waals surface area contributed by atoms with Gasteiger partial charge in [0.1, 0.15) is 5.15 Å². The van der Waals surface area contributed by atoms with Crippen LogP contribution in [0.5, 0.6) is 0 Å². The first-order chi connectivity index (χ1) is 10.0. The lowest BCUT2D eigenvalue weighted by molar-refractivity contribution is 0.0594. The molecule has 0 radical (unpaired) electrons. The third kappa shape index (κ3) is 2.04. The third-order valence-corrected chi connectivity index (χ3v) is 3.66. The van der Waals surface area contributed by atoms with Gasteiger partial charge in [0.05, 0.1) is 17.2 Å². The van der Waals surface area contributed by atoms with E-state index < -0.39 is 23.4 Å². The van der Waals surface area contributed by atoms with Crippen LogP contribution in [0.4, 0.5) is 0 Å². The average Bonchev–Trinajstić information content (AvgIpc) is 2.73. The van der Waals surface area contributed by atoms with E-state index in [1.165, 1.54) is 6.07 Å². The molecule has 1 aromatic carbocycles. The maximum atomic E-state index is 12.4. The number of imide groups is 1. The number of aromatic nitrogens is 2. The minimum absolute atomic E-state index is 0.0908. The number of aromatic amines is 1. The molecule has 6 nitrogen and oxygen atoms in total. The number of benzene rings is 1. The lowest BCUT2D eigenvalue weighted by atomic mass is 10.1. The van der Waals surface area contributed by atoms with Crippen molar-refractivity contribution in [1.82, 2.24) is 15.1 Å². The number of amides is 2. The van der Waals surface area contributed by atoms with Crippen molar-refractivity contribution in [3.05, 3.63) is 62.5 Å². The molecule has 1 unspecified atom stereocenters. The highest BCUT2D eigenvalue weighted by molar-refractivity contribution is 6.29. The number of nitrogens with one attached hydrogen (secondary N) is 1. The number of carbonyl (C=O) groups excluding carboxylic acids is 2. The summed E-state index contributed by atoms with van der Waals surface area (Å²) >= 11 is 5.76. The highest BCUT2D eigenvalue weighted by Gasteiger charge is 2.39. The molecule has 2 heterocycles. The lowest BCUT2D eigenvalue weighted by Crippen LogP contribution is -2.35. The van der Waals surface area contributed by atoms with Crippen molar-refractivity contribution in [3.63, 3.8) is 0 Å². The van der Waals surface area contributed by atoms with Crippen molar-refractivity contribution in [1.29, 1.82) is 0 Å². The number of hydrogen-bond acceptors (Lipinski definition) is 4. The number of fused-ring (bicyclic) bond motifs is 1. The molecule has 0 saturated heterocycles. The van der Waals surface area contributed by atoms with Crippen LogP contribution < -0.4 is 5.56 Å². The predicted molar refractivity (Wildman–Crippen MR) is 75.2 cm³/mol. The highest BCUT2D eigenvalue weighted by atomic mass is 35.5. The fourth-order valence-corrected chi connectivity index (χ4v) is 2.56. The summed E-state index contributed by atoms with van der Waals surface area (Å²) in [5.74, 6) is -0.842. The van der Waals surface area contributed by atoms with Gasteiger partial charge in [0, 0.05) is 5.56 Å². The lowest BCUT2D eigenvalue weighted by Gasteiger charge is -2.21. The fraction of sp³-hybridized carbons (Fsp3) is 0.143. The van der Waals surface area contributed by atoms with Gasteiger partial charge in [-0.05, 0) is 25.1 Å². The Labute approximate surface area is 124 Å². The summed E-state index contributed by atoms with van der Waals surface area (Å²) in [5.41, 5.74) is 0.407. The second-order valence-corrected chi connectivity index (χ2v) is 5.06. The number of rotatable bonds is 2. The second-order valence-electron chi connectivity index (χ2n) is 4.68. The van der Waals surface area contributed by atoms with Gasteiger partial charge >= 0.3 is 0 Å². The molecule has 1 atom stereocenters. The largest absolute Gasteiger partial charge is 0.269 e. The Balaban J connectivity index is 2.06. The summed E-state index contributed by atoms with van der Waals surface area (Å²) in [6.45, 7) is 1.60. The van der Waals surface area contributed by atoms with Crippen molar-refractivity contribution in [2.75, 3.05) is 0 Å². The Morgan fingerprint density at radius 3 is 2.29 bits per heavy atom. The molecule has 1 N–H and O–H groups in total. The Morgan fingerprint density at radius 2 is 1.71 bits per heavy atom. The van der Waals surface area contributed by atoms with E-state index in [2.05, 4.69) is 10.2 Å². The van der Waals surface area contributed by atoms with Crippen LogP contribution in [0.1, 0.15) is 39.2 Å². The van der Waals surface area contributed by atoms with Crippen LogP contribution in [0.25, 0.3) is 0 Å². The summed E-state index contributed by atoms with van der Waals surface area (Å²) < 4.78 is 0. The smallest absolute Gasteiger partial charge is 0.269 e. The van der Waals surface area contributed by atoms with Gasteiger partial charge < -0.3 is 0 Å². The number of carbonyl (C=O) groups is 2. The molecule has 0 saturated carbocycles. The maximum absolute atomic E-state index is 12.4. The van der Waals surface area contributed by atoms with Crippen LogP contribution in [0.3, 0.4) is 0 Å². The zero-order valence-electron chi connectivity index (χ0n) is 11.0. The van der Waals surface area contributed by atoms with Gasteiger partial charge in [0.25, 0.3) is 17.4 Å². The minimum Gasteiger partial charge on any atom is -0.269 e. The summed E-state index contributed by atoms with van der Waals surface area (Å²) in [6.07, 6.45) is 0. The van der Waals surface area contributed by atoms with E-state index in [9.17, 15) is 14.4 Å². The molecule has 2 amide bonds. The van der Waals surface area contributed by atoms with Crippen molar-refractivity contribution < 1.29 is 9.59 Å². The van der Waals surface area contributed by atoms with Crippen LogP contribution >= 0.6 is 11.6 Å². The van der Waals surface area contributed by atoms with Crippen LogP contribution in [0.2, 0.25) is 5.15 Å². The molecule has 1 aliphatic rings. The Morgan fingerprint density at radius 1 is 1.14 bits per heavy atom. The Bertz CT molecular complexity index is 780. The van der Waals surface area contributed by atoms with E-state index in [1.807, 2.05) is 0 Å². The van der Waals surface area contributed by atoms with Gasteiger partial charge in [-0.15, -0.1) is 0 Å². The third-order valence-electron chi connectivity index (χ3n) is 3.46. The number of halogens is 1. The monoisotopic (exact) mass is 303 g/mol. The summed E-state index contributed by atoms with van der Waals surface area (Å²) in [7, 11) is 0. The predicted octanol–water partition coefficient (Wildman–Crippen LogP) is 1.78. The Kier molecular flexibility index (Phi) is 3.10. The van der Waals surface area contributed by atoms with Gasteiger partial charge in [-0.3, -0.25) is 19.3 Å². The van der Waals surface area contributed by atoms with Crippen LogP contribution in [0, 0.1) is 0 Å². The quantitative estimate of drug-likeness (QED) is 0.857. The highest BCUT2D eigenvalue weighted by Crippen LogP contribution is 2.30. The topological polar surface area (TPSA) is 83.1 Å². The van der Waals surface area contributed by atoms with Crippen molar-refractivity contribution in [2.45, 2.75) is 13.0 Å². The molecule has 1 aliphatic heterocycles. The van der Waals surface area contributed by atoms with Crippen LogP contribution in [0.15, 0.2) is 35.1 Å². The average molecular weight is 304 g/mol. The number of nitrogens with zero attached hydrogens (tertiary/aromatic N) is 2. The number of H-pyrrole nitrogens is 1. The van der Waals surface area contributed by atoms with Crippen LogP contribution in [-0.2, 0) is 0 Å². The van der Waals surface area contributed by atoms with Gasteiger partial charge in [-0.2, -0.15) is 5.10 Å². The van der Waals surface area contributed by atoms with Crippen LogP contribution in [-0.4, -0.2) is 26.9 Å². The van der Waals surface area contributed by atoms with E-state index in [0.717, 1.165) is 4.90 Å². The molecular weight excluding hydrogens is 294 g/mol. The normalized spacial score (nSPS) is 15.2. The number of hydrogen-bond donors (Lipinski definition) is 1. The molecule has 1 aromatic heterocycles. The molecule has 0 bridgehead atoms. The van der Waals surface area contributed by atoms with Gasteiger partial charge in [-0.1, -0.05) is 23.7 Å². The van der Waals surface area contributed by atoms with E-state index in [-0.39, 0.29) is 10.7 Å². The molecule has 0 aliphatic carbocycles. The summed E-state index contributed by atoms with van der Waals surface area (Å²) in [5, 5.41) is 5.89. The van der Waals surface area contributed by atoms with Gasteiger partial charge in [-0.25, -0.2) is 5.10 Å². The Hall–Kier alpha value is -2.47. The van der Waals surface area contributed by atoms with Gasteiger partial charge in [0.15, 0.2) is 0 Å². The van der Waals surface area contributed by atoms with Crippen molar-refractivity contribution in [3.8, 4) is 0 Å². The molecular formula is C14H10ClN3O3. The van der Waals surface area contributed by atoms with E-state index >= 15 is 0 Å². The summed E-state index contributed by atoms with van der Waals surface area (Å²) in [4.78, 5) is 37.6. The standard InChI is InChI=1S/C14H10ClN3O3/c1-7(10-6-11(15)16-17-12(10)19)18-13(20)8-4-2-3-5-9(8)14(18)21/h2-7H,1H3,(H,17,19). The molecule has 106 valence electrons. The SMILES string of the molecule is CC(c1cc(Cl)n[nH]c1=O)N1C(=O)c2ccccc2C1=O. The minimum atomic E-state index is -0.735. The molecule has 7 heteroatoms. The summed E-state index contributed by atoms with van der Waals surface area (Å²) in [6, 6.07) is 7.18. The maximum Gasteiger partial charge on any atom is 0.269 e. The second kappa shape index (κ2) is 4.82. The fourth-order valence-electron chi connectivity index (χ4n) is 2.40. The van der Waals surface area contributed by atoms with Crippen molar-refractivity contribution >= 4 is 23.4 Å². The van der Waals surface area contributed by atoms with E-state index in [1.54, 1.807) is 31.2 Å². The molecule has 21 heavy (non-hydrogen) atoms. The molecule has 0 spiro atoms. The first-order valence-electron chi connectivity index (χ1n) is 6.22. The van der Waals surface area contributed by atoms with E-state index in [4.69, 9.17) is 11.6 Å². The van der Waals surface area contributed by atoms with E-state index in [0.29, 0.717) is 11.1 Å². The first-order valence-corrected chi connectivity index (χ1v) is 6.60. The van der Waals surface area contributed by atoms with Crippen molar-refractivity contribution in [2.24, 2.45) is 0 Å².